The SMILES string of the molecule is CN=C(NCCOCc1ccccc1OC)NCc1ccc(F)cc1CSC. The van der Waals surface area contributed by atoms with Gasteiger partial charge in [0.1, 0.15) is 11.6 Å². The molecule has 152 valence electrons. The highest BCUT2D eigenvalue weighted by atomic mass is 32.2. The lowest BCUT2D eigenvalue weighted by atomic mass is 10.1. The number of hydrogen-bond donors (Lipinski definition) is 2. The Balaban J connectivity index is 1.75. The molecule has 0 aliphatic heterocycles. The maximum absolute atomic E-state index is 13.5. The zero-order chi connectivity index (χ0) is 20.2. The quantitative estimate of drug-likeness (QED) is 0.360. The number of para-hydroxylation sites is 1. The van der Waals surface area contributed by atoms with E-state index in [0.29, 0.717) is 32.3 Å². The normalized spacial score (nSPS) is 11.4. The molecular weight excluding hydrogens is 377 g/mol. The van der Waals surface area contributed by atoms with Crippen LogP contribution in [0.5, 0.6) is 5.75 Å². The molecule has 0 aliphatic rings. The fourth-order valence-corrected chi connectivity index (χ4v) is 3.28. The molecule has 2 aromatic rings. The first-order valence-corrected chi connectivity index (χ1v) is 10.5. The number of methoxy groups -OCH3 is 1. The minimum absolute atomic E-state index is 0.206. The summed E-state index contributed by atoms with van der Waals surface area (Å²) in [5, 5.41) is 6.48. The fraction of sp³-hybridized carbons (Fsp3) is 0.381. The number of benzene rings is 2. The number of ether oxygens (including phenoxy) is 2. The summed E-state index contributed by atoms with van der Waals surface area (Å²) in [6.45, 7) is 2.23. The van der Waals surface area contributed by atoms with Crippen LogP contribution in [0.25, 0.3) is 0 Å². The molecule has 2 rings (SSSR count). The van der Waals surface area contributed by atoms with Crippen molar-refractivity contribution in [3.05, 3.63) is 65.0 Å². The Morgan fingerprint density at radius 1 is 1.11 bits per heavy atom. The van der Waals surface area contributed by atoms with Crippen LogP contribution < -0.4 is 15.4 Å². The molecule has 2 aromatic carbocycles. The van der Waals surface area contributed by atoms with Gasteiger partial charge in [0.25, 0.3) is 0 Å². The van der Waals surface area contributed by atoms with E-state index >= 15 is 0 Å². The average molecular weight is 406 g/mol. The van der Waals surface area contributed by atoms with Gasteiger partial charge in [0.2, 0.25) is 0 Å². The Morgan fingerprint density at radius 3 is 2.68 bits per heavy atom. The van der Waals surface area contributed by atoms with Gasteiger partial charge in [-0.3, -0.25) is 4.99 Å². The molecule has 0 amide bonds. The van der Waals surface area contributed by atoms with Crippen molar-refractivity contribution in [3.8, 4) is 5.75 Å². The molecule has 5 nitrogen and oxygen atoms in total. The standard InChI is InChI=1S/C21H28FN3O2S/c1-23-21(25-13-16-8-9-19(22)12-18(16)15-28-3)24-10-11-27-14-17-6-4-5-7-20(17)26-2/h4-9,12H,10-11,13-15H2,1-3H3,(H2,23,24,25). The van der Waals surface area contributed by atoms with Crippen molar-refractivity contribution in [3.63, 3.8) is 0 Å². The predicted molar refractivity (Wildman–Crippen MR) is 114 cm³/mol. The second-order valence-corrected chi connectivity index (χ2v) is 6.93. The Hall–Kier alpha value is -2.25. The number of aliphatic imine (C=N–C) groups is 1. The molecule has 0 fully saturated rings. The van der Waals surface area contributed by atoms with Crippen LogP contribution in [-0.2, 0) is 23.6 Å². The third-order valence-corrected chi connectivity index (χ3v) is 4.73. The highest BCUT2D eigenvalue weighted by molar-refractivity contribution is 7.97. The maximum atomic E-state index is 13.5. The van der Waals surface area contributed by atoms with Crippen molar-refractivity contribution in [2.75, 3.05) is 33.6 Å². The lowest BCUT2D eigenvalue weighted by molar-refractivity contribution is 0.123. The predicted octanol–water partition coefficient (Wildman–Crippen LogP) is 3.58. The molecule has 0 radical (unpaired) electrons. The number of halogens is 1. The maximum Gasteiger partial charge on any atom is 0.191 e. The van der Waals surface area contributed by atoms with Crippen LogP contribution in [-0.4, -0.2) is 39.5 Å². The van der Waals surface area contributed by atoms with Crippen LogP contribution in [0.15, 0.2) is 47.5 Å². The third kappa shape index (κ3) is 7.05. The summed E-state index contributed by atoms with van der Waals surface area (Å²) in [4.78, 5) is 4.22. The first-order valence-electron chi connectivity index (χ1n) is 9.08. The molecule has 0 atom stereocenters. The lowest BCUT2D eigenvalue weighted by Crippen LogP contribution is -2.38. The summed E-state index contributed by atoms with van der Waals surface area (Å²) in [7, 11) is 3.38. The van der Waals surface area contributed by atoms with E-state index in [1.54, 1.807) is 32.0 Å². The highest BCUT2D eigenvalue weighted by Gasteiger charge is 2.06. The molecular formula is C21H28FN3O2S. The summed E-state index contributed by atoms with van der Waals surface area (Å²) >= 11 is 1.67. The van der Waals surface area contributed by atoms with Crippen molar-refractivity contribution >= 4 is 17.7 Å². The topological polar surface area (TPSA) is 54.9 Å². The average Bonchev–Trinajstić information content (AvgIpc) is 2.71. The van der Waals surface area contributed by atoms with Gasteiger partial charge in [-0.05, 0) is 35.6 Å². The highest BCUT2D eigenvalue weighted by Crippen LogP contribution is 2.18. The molecule has 0 unspecified atom stereocenters. The minimum atomic E-state index is -0.206. The largest absolute Gasteiger partial charge is 0.496 e. The van der Waals surface area contributed by atoms with E-state index in [4.69, 9.17) is 9.47 Å². The van der Waals surface area contributed by atoms with Gasteiger partial charge in [0, 0.05) is 31.5 Å². The van der Waals surface area contributed by atoms with Crippen molar-refractivity contribution in [2.24, 2.45) is 4.99 Å². The Morgan fingerprint density at radius 2 is 1.93 bits per heavy atom. The zero-order valence-electron chi connectivity index (χ0n) is 16.6. The van der Waals surface area contributed by atoms with Gasteiger partial charge >= 0.3 is 0 Å². The molecule has 0 bridgehead atoms. The van der Waals surface area contributed by atoms with Crippen LogP contribution >= 0.6 is 11.8 Å². The van der Waals surface area contributed by atoms with E-state index in [9.17, 15) is 4.39 Å². The summed E-state index contributed by atoms with van der Waals surface area (Å²) in [6.07, 6.45) is 2.01. The molecule has 7 heteroatoms. The molecule has 2 N–H and O–H groups in total. The summed E-state index contributed by atoms with van der Waals surface area (Å²) in [6, 6.07) is 12.7. The molecule has 0 saturated heterocycles. The van der Waals surface area contributed by atoms with Gasteiger partial charge < -0.3 is 20.1 Å². The Labute approximate surface area is 170 Å². The molecule has 0 spiro atoms. The molecule has 28 heavy (non-hydrogen) atoms. The van der Waals surface area contributed by atoms with Gasteiger partial charge in [-0.2, -0.15) is 11.8 Å². The van der Waals surface area contributed by atoms with E-state index in [2.05, 4.69) is 15.6 Å². The monoisotopic (exact) mass is 405 g/mol. The first-order chi connectivity index (χ1) is 13.7. The molecule has 0 aromatic heterocycles. The number of nitrogens with one attached hydrogen (secondary N) is 2. The second kappa shape index (κ2) is 12.3. The van der Waals surface area contributed by atoms with Crippen molar-refractivity contribution in [1.29, 1.82) is 0 Å². The third-order valence-electron chi connectivity index (χ3n) is 4.13. The van der Waals surface area contributed by atoms with E-state index in [1.807, 2.05) is 36.6 Å². The summed E-state index contributed by atoms with van der Waals surface area (Å²) in [5.41, 5.74) is 3.08. The van der Waals surface area contributed by atoms with E-state index < -0.39 is 0 Å². The van der Waals surface area contributed by atoms with E-state index in [-0.39, 0.29) is 5.82 Å². The van der Waals surface area contributed by atoms with Gasteiger partial charge in [0.15, 0.2) is 5.96 Å². The molecule has 0 saturated carbocycles. The van der Waals surface area contributed by atoms with E-state index in [1.165, 1.54) is 6.07 Å². The number of guanidine groups is 1. The van der Waals surface area contributed by atoms with Crippen LogP contribution in [0.2, 0.25) is 0 Å². The summed E-state index contributed by atoms with van der Waals surface area (Å²) in [5.74, 6) is 2.08. The van der Waals surface area contributed by atoms with Gasteiger partial charge in [-0.1, -0.05) is 24.3 Å². The zero-order valence-corrected chi connectivity index (χ0v) is 17.4. The lowest BCUT2D eigenvalue weighted by Gasteiger charge is -2.14. The number of nitrogens with zero attached hydrogens (tertiary/aromatic N) is 1. The van der Waals surface area contributed by atoms with Crippen molar-refractivity contribution in [2.45, 2.75) is 18.9 Å². The van der Waals surface area contributed by atoms with Crippen molar-refractivity contribution < 1.29 is 13.9 Å². The number of thioether (sulfide) groups is 1. The Kier molecular flexibility index (Phi) is 9.65. The van der Waals surface area contributed by atoms with Crippen LogP contribution in [0.3, 0.4) is 0 Å². The number of rotatable bonds is 10. The van der Waals surface area contributed by atoms with Crippen LogP contribution in [0.4, 0.5) is 4.39 Å². The van der Waals surface area contributed by atoms with Gasteiger partial charge in [0.05, 0.1) is 20.3 Å². The minimum Gasteiger partial charge on any atom is -0.496 e. The molecule has 0 aliphatic carbocycles. The van der Waals surface area contributed by atoms with Crippen molar-refractivity contribution in [1.82, 2.24) is 10.6 Å². The Bertz CT molecular complexity index is 771. The number of hydrogen-bond acceptors (Lipinski definition) is 4. The smallest absolute Gasteiger partial charge is 0.191 e. The fourth-order valence-electron chi connectivity index (χ4n) is 2.70. The van der Waals surface area contributed by atoms with Crippen LogP contribution in [0, 0.1) is 5.82 Å². The van der Waals surface area contributed by atoms with E-state index in [0.717, 1.165) is 28.2 Å². The van der Waals surface area contributed by atoms with Gasteiger partial charge in [-0.25, -0.2) is 4.39 Å². The van der Waals surface area contributed by atoms with Gasteiger partial charge in [-0.15, -0.1) is 0 Å². The van der Waals surface area contributed by atoms with Crippen LogP contribution in [0.1, 0.15) is 16.7 Å². The summed E-state index contributed by atoms with van der Waals surface area (Å²) < 4.78 is 24.5. The molecule has 0 heterocycles. The second-order valence-electron chi connectivity index (χ2n) is 6.06. The first kappa shape index (κ1) is 22.0.